The number of rotatable bonds is 4. The maximum absolute atomic E-state index is 12.4. The van der Waals surface area contributed by atoms with Crippen molar-refractivity contribution in [3.8, 4) is 5.75 Å². The normalized spacial score (nSPS) is 17.1. The van der Waals surface area contributed by atoms with Gasteiger partial charge in [0.2, 0.25) is 5.91 Å². The van der Waals surface area contributed by atoms with Gasteiger partial charge in [-0.25, -0.2) is 0 Å². The number of hydrogen-bond acceptors (Lipinski definition) is 4. The van der Waals surface area contributed by atoms with Crippen LogP contribution in [0.2, 0.25) is 0 Å². The van der Waals surface area contributed by atoms with E-state index < -0.39 is 17.9 Å². The molecule has 1 amide bonds. The van der Waals surface area contributed by atoms with Crippen LogP contribution in [0.3, 0.4) is 0 Å². The molecule has 0 radical (unpaired) electrons. The van der Waals surface area contributed by atoms with E-state index in [1.54, 1.807) is 11.8 Å². The molecule has 0 fully saturated rings. The Labute approximate surface area is 123 Å². The summed E-state index contributed by atoms with van der Waals surface area (Å²) in [5.41, 5.74) is 6.45. The zero-order valence-corrected chi connectivity index (χ0v) is 12.0. The van der Waals surface area contributed by atoms with E-state index in [9.17, 15) is 9.59 Å². The third-order valence-corrected chi connectivity index (χ3v) is 3.61. The fourth-order valence-electron chi connectivity index (χ4n) is 2.41. The molecule has 0 aliphatic carbocycles. The molecule has 0 bridgehead atoms. The number of benzene rings is 1. The second-order valence-electron chi connectivity index (χ2n) is 5.30. The number of amides is 1. The van der Waals surface area contributed by atoms with Crippen LogP contribution >= 0.6 is 0 Å². The number of para-hydroxylation sites is 1. The van der Waals surface area contributed by atoms with Crippen LogP contribution in [0.15, 0.2) is 24.3 Å². The quantitative estimate of drug-likeness (QED) is 0.858. The fraction of sp³-hybridized carbons (Fsp3) is 0.467. The zero-order valence-electron chi connectivity index (χ0n) is 12.0. The second kappa shape index (κ2) is 6.58. The Bertz CT molecular complexity index is 532. The number of ether oxygens (including phenoxy) is 1. The van der Waals surface area contributed by atoms with Crippen molar-refractivity contribution in [1.29, 1.82) is 0 Å². The molecule has 3 N–H and O–H groups in total. The summed E-state index contributed by atoms with van der Waals surface area (Å²) < 4.78 is 5.62. The number of carboxylic acids is 1. The zero-order chi connectivity index (χ0) is 15.4. The summed E-state index contributed by atoms with van der Waals surface area (Å²) in [6, 6.07) is 6.59. The third kappa shape index (κ3) is 3.72. The molecule has 0 saturated carbocycles. The summed E-state index contributed by atoms with van der Waals surface area (Å²) in [7, 11) is 0. The molecule has 1 aliphatic heterocycles. The predicted molar refractivity (Wildman–Crippen MR) is 76.7 cm³/mol. The number of aliphatic carboxylic acids is 1. The molecule has 0 aromatic heterocycles. The van der Waals surface area contributed by atoms with Crippen molar-refractivity contribution < 1.29 is 19.4 Å². The largest absolute Gasteiger partial charge is 0.491 e. The van der Waals surface area contributed by atoms with Gasteiger partial charge in [0.15, 0.2) is 0 Å². The Morgan fingerprint density at radius 2 is 2.14 bits per heavy atom. The van der Waals surface area contributed by atoms with Crippen LogP contribution < -0.4 is 10.5 Å². The van der Waals surface area contributed by atoms with Crippen LogP contribution in [0.1, 0.15) is 18.9 Å². The van der Waals surface area contributed by atoms with E-state index in [0.717, 1.165) is 11.3 Å². The lowest BCUT2D eigenvalue weighted by Crippen LogP contribution is -2.40. The maximum Gasteiger partial charge on any atom is 0.320 e. The van der Waals surface area contributed by atoms with E-state index in [2.05, 4.69) is 0 Å². The Kier molecular flexibility index (Phi) is 4.80. The average molecular weight is 292 g/mol. The van der Waals surface area contributed by atoms with Gasteiger partial charge in [-0.15, -0.1) is 0 Å². The van der Waals surface area contributed by atoms with Gasteiger partial charge in [-0.2, -0.15) is 0 Å². The minimum absolute atomic E-state index is 0.0907. The summed E-state index contributed by atoms with van der Waals surface area (Å²) >= 11 is 0. The summed E-state index contributed by atoms with van der Waals surface area (Å²) in [5.74, 6) is -0.810. The average Bonchev–Trinajstić information content (AvgIpc) is 2.68. The van der Waals surface area contributed by atoms with E-state index in [4.69, 9.17) is 15.6 Å². The smallest absolute Gasteiger partial charge is 0.320 e. The fourth-order valence-corrected chi connectivity index (χ4v) is 2.41. The summed E-state index contributed by atoms with van der Waals surface area (Å²) in [6.07, 6.45) is 0.132. The van der Waals surface area contributed by atoms with Gasteiger partial charge in [-0.1, -0.05) is 25.1 Å². The molecule has 21 heavy (non-hydrogen) atoms. The first-order valence-electron chi connectivity index (χ1n) is 6.97. The van der Waals surface area contributed by atoms with Crippen molar-refractivity contribution in [3.05, 3.63) is 29.8 Å². The van der Waals surface area contributed by atoms with E-state index in [0.29, 0.717) is 19.7 Å². The van der Waals surface area contributed by atoms with Gasteiger partial charge in [0.05, 0.1) is 6.54 Å². The number of nitrogens with two attached hydrogens (primary N) is 1. The van der Waals surface area contributed by atoms with Crippen LogP contribution in [0.5, 0.6) is 5.75 Å². The lowest BCUT2D eigenvalue weighted by Gasteiger charge is -2.24. The highest BCUT2D eigenvalue weighted by atomic mass is 16.5. The number of fused-ring (bicyclic) bond motifs is 1. The third-order valence-electron chi connectivity index (χ3n) is 3.61. The molecule has 1 aromatic carbocycles. The van der Waals surface area contributed by atoms with Crippen molar-refractivity contribution in [2.24, 2.45) is 11.7 Å². The van der Waals surface area contributed by atoms with Gasteiger partial charge in [0.1, 0.15) is 18.4 Å². The first-order chi connectivity index (χ1) is 9.99. The number of carboxylic acid groups (broad SMARTS) is 1. The van der Waals surface area contributed by atoms with Crippen molar-refractivity contribution >= 4 is 11.9 Å². The molecule has 114 valence electrons. The monoisotopic (exact) mass is 292 g/mol. The Balaban J connectivity index is 2.04. The number of hydrogen-bond donors (Lipinski definition) is 2. The highest BCUT2D eigenvalue weighted by Gasteiger charge is 2.26. The Morgan fingerprint density at radius 1 is 1.43 bits per heavy atom. The van der Waals surface area contributed by atoms with E-state index >= 15 is 0 Å². The van der Waals surface area contributed by atoms with E-state index in [1.165, 1.54) is 0 Å². The van der Waals surface area contributed by atoms with Gasteiger partial charge in [0, 0.05) is 18.0 Å². The number of carbonyl (C=O) groups excluding carboxylic acids is 1. The standard InChI is InChI=1S/C15H20N2O4/c1-10(8-12(16)15(19)20)14(18)17-6-7-21-13-5-3-2-4-11(13)9-17/h2-5,10,12H,6-9,16H2,1H3,(H,19,20)/t10?,12-/m0/s1. The molecule has 1 unspecified atom stereocenters. The Hall–Kier alpha value is -2.08. The van der Waals surface area contributed by atoms with Crippen LogP contribution in [0, 0.1) is 5.92 Å². The SMILES string of the molecule is CC(C[C@H](N)C(=O)O)C(=O)N1CCOc2ccccc2C1. The van der Waals surface area contributed by atoms with Crippen LogP contribution in [0.4, 0.5) is 0 Å². The summed E-state index contributed by atoms with van der Waals surface area (Å²) in [4.78, 5) is 24.9. The Morgan fingerprint density at radius 3 is 2.86 bits per heavy atom. The van der Waals surface area contributed by atoms with E-state index in [-0.39, 0.29) is 12.3 Å². The molecule has 6 heteroatoms. The van der Waals surface area contributed by atoms with Gasteiger partial charge < -0.3 is 20.5 Å². The molecule has 0 saturated heterocycles. The lowest BCUT2D eigenvalue weighted by atomic mass is 10.0. The molecule has 1 heterocycles. The predicted octanol–water partition coefficient (Wildman–Crippen LogP) is 0.846. The van der Waals surface area contributed by atoms with Crippen LogP contribution in [-0.2, 0) is 16.1 Å². The highest BCUT2D eigenvalue weighted by molar-refractivity contribution is 5.80. The maximum atomic E-state index is 12.4. The molecule has 6 nitrogen and oxygen atoms in total. The van der Waals surface area contributed by atoms with Gasteiger partial charge >= 0.3 is 5.97 Å². The first-order valence-corrected chi connectivity index (χ1v) is 6.97. The topological polar surface area (TPSA) is 92.9 Å². The first kappa shape index (κ1) is 15.3. The molecule has 0 spiro atoms. The van der Waals surface area contributed by atoms with Gasteiger partial charge in [-0.05, 0) is 12.5 Å². The van der Waals surface area contributed by atoms with Crippen molar-refractivity contribution in [1.82, 2.24) is 4.90 Å². The lowest BCUT2D eigenvalue weighted by molar-refractivity contribution is -0.140. The minimum atomic E-state index is -1.08. The molecule has 1 aromatic rings. The van der Waals surface area contributed by atoms with Gasteiger partial charge in [-0.3, -0.25) is 9.59 Å². The van der Waals surface area contributed by atoms with Gasteiger partial charge in [0.25, 0.3) is 0 Å². The second-order valence-corrected chi connectivity index (χ2v) is 5.30. The summed E-state index contributed by atoms with van der Waals surface area (Å²) in [5, 5.41) is 8.83. The minimum Gasteiger partial charge on any atom is -0.491 e. The van der Waals surface area contributed by atoms with Crippen molar-refractivity contribution in [3.63, 3.8) is 0 Å². The number of carbonyl (C=O) groups is 2. The number of nitrogens with zero attached hydrogens (tertiary/aromatic N) is 1. The molecular weight excluding hydrogens is 272 g/mol. The van der Waals surface area contributed by atoms with Crippen LogP contribution in [-0.4, -0.2) is 41.1 Å². The summed E-state index contributed by atoms with van der Waals surface area (Å²) in [6.45, 7) is 3.10. The molecule has 1 aliphatic rings. The van der Waals surface area contributed by atoms with E-state index in [1.807, 2.05) is 24.3 Å². The molecule has 2 rings (SSSR count). The van der Waals surface area contributed by atoms with Crippen molar-refractivity contribution in [2.75, 3.05) is 13.2 Å². The molecular formula is C15H20N2O4. The van der Waals surface area contributed by atoms with Crippen LogP contribution in [0.25, 0.3) is 0 Å². The van der Waals surface area contributed by atoms with Crippen molar-refractivity contribution in [2.45, 2.75) is 25.9 Å². The molecule has 2 atom stereocenters. The highest BCUT2D eigenvalue weighted by Crippen LogP contribution is 2.23.